The zero-order chi connectivity index (χ0) is 19.1. The Morgan fingerprint density at radius 3 is 2.70 bits per heavy atom. The molecule has 8 heteroatoms. The normalized spacial score (nSPS) is 11.0. The van der Waals surface area contributed by atoms with Gasteiger partial charge in [0.05, 0.1) is 28.5 Å². The average Bonchev–Trinajstić information content (AvgIpc) is 3.12. The van der Waals surface area contributed by atoms with E-state index in [0.717, 1.165) is 16.5 Å². The summed E-state index contributed by atoms with van der Waals surface area (Å²) in [5.74, 6) is -0.362. The summed E-state index contributed by atoms with van der Waals surface area (Å²) >= 11 is 0. The number of amides is 1. The summed E-state index contributed by atoms with van der Waals surface area (Å²) in [4.78, 5) is 29.5. The van der Waals surface area contributed by atoms with Crippen LogP contribution in [0.5, 0.6) is 0 Å². The second kappa shape index (κ2) is 6.10. The molecule has 4 aromatic rings. The van der Waals surface area contributed by atoms with E-state index in [1.165, 1.54) is 10.8 Å². The SMILES string of the molecule is Cc1ccc2[nH]ncc2c1-c1c(N)c(C(N)=O)cn(-c2ccccn2)c1=O. The smallest absolute Gasteiger partial charge is 0.266 e. The predicted molar refractivity (Wildman–Crippen MR) is 103 cm³/mol. The van der Waals surface area contributed by atoms with Crippen LogP contribution in [-0.4, -0.2) is 25.7 Å². The minimum absolute atomic E-state index is 0.0384. The van der Waals surface area contributed by atoms with Crippen molar-refractivity contribution in [2.45, 2.75) is 6.92 Å². The fourth-order valence-corrected chi connectivity index (χ4v) is 3.19. The van der Waals surface area contributed by atoms with Gasteiger partial charge in [0.2, 0.25) is 0 Å². The van der Waals surface area contributed by atoms with Gasteiger partial charge in [0.25, 0.3) is 11.5 Å². The summed E-state index contributed by atoms with van der Waals surface area (Å²) in [7, 11) is 0. The maximum Gasteiger partial charge on any atom is 0.266 e. The standard InChI is InChI=1S/C19H16N6O2/c1-10-5-6-13-11(8-23-24-13)15(10)16-17(20)12(18(21)26)9-25(19(16)27)14-4-2-3-7-22-14/h2-9H,20H2,1H3,(H2,21,26)(H,23,24). The molecule has 3 heterocycles. The molecule has 1 amide bonds. The largest absolute Gasteiger partial charge is 0.397 e. The summed E-state index contributed by atoms with van der Waals surface area (Å²) in [5, 5.41) is 7.65. The number of benzene rings is 1. The quantitative estimate of drug-likeness (QED) is 0.512. The monoisotopic (exact) mass is 360 g/mol. The molecule has 0 bridgehead atoms. The first-order chi connectivity index (χ1) is 13.0. The Balaban J connectivity index is 2.16. The molecular formula is C19H16N6O2. The molecule has 0 unspecified atom stereocenters. The Morgan fingerprint density at radius 2 is 2.00 bits per heavy atom. The van der Waals surface area contributed by atoms with Gasteiger partial charge in [0.1, 0.15) is 5.82 Å². The second-order valence-electron chi connectivity index (χ2n) is 6.15. The van der Waals surface area contributed by atoms with E-state index in [2.05, 4.69) is 15.2 Å². The lowest BCUT2D eigenvalue weighted by Gasteiger charge is -2.15. The number of fused-ring (bicyclic) bond motifs is 1. The summed E-state index contributed by atoms with van der Waals surface area (Å²) in [6.45, 7) is 1.86. The number of aromatic amines is 1. The fourth-order valence-electron chi connectivity index (χ4n) is 3.19. The van der Waals surface area contributed by atoms with Crippen molar-refractivity contribution in [3.63, 3.8) is 0 Å². The Bertz CT molecular complexity index is 1240. The van der Waals surface area contributed by atoms with Crippen molar-refractivity contribution < 1.29 is 4.79 Å². The molecule has 27 heavy (non-hydrogen) atoms. The van der Waals surface area contributed by atoms with E-state index in [4.69, 9.17) is 11.5 Å². The van der Waals surface area contributed by atoms with Gasteiger partial charge in [-0.25, -0.2) is 4.98 Å². The molecule has 1 aromatic carbocycles. The van der Waals surface area contributed by atoms with E-state index in [9.17, 15) is 9.59 Å². The molecule has 8 nitrogen and oxygen atoms in total. The number of nitrogens with one attached hydrogen (secondary N) is 1. The number of aryl methyl sites for hydroxylation is 1. The third-order valence-corrected chi connectivity index (χ3v) is 4.49. The number of anilines is 1. The van der Waals surface area contributed by atoms with E-state index < -0.39 is 11.5 Å². The molecule has 134 valence electrons. The molecule has 0 aliphatic rings. The second-order valence-corrected chi connectivity index (χ2v) is 6.15. The van der Waals surface area contributed by atoms with Gasteiger partial charge in [-0.2, -0.15) is 5.10 Å². The van der Waals surface area contributed by atoms with Crippen LogP contribution in [0.3, 0.4) is 0 Å². The van der Waals surface area contributed by atoms with Crippen LogP contribution in [0.25, 0.3) is 27.8 Å². The van der Waals surface area contributed by atoms with Crippen molar-refractivity contribution in [1.29, 1.82) is 0 Å². The number of primary amides is 1. The number of nitrogen functional groups attached to an aromatic ring is 1. The molecule has 0 spiro atoms. The number of H-pyrrole nitrogens is 1. The number of carbonyl (C=O) groups is 1. The van der Waals surface area contributed by atoms with E-state index >= 15 is 0 Å². The molecule has 0 atom stereocenters. The highest BCUT2D eigenvalue weighted by molar-refractivity contribution is 6.05. The molecule has 0 saturated heterocycles. The van der Waals surface area contributed by atoms with Crippen LogP contribution >= 0.6 is 0 Å². The lowest BCUT2D eigenvalue weighted by atomic mass is 9.95. The van der Waals surface area contributed by atoms with Gasteiger partial charge in [0, 0.05) is 23.3 Å². The van der Waals surface area contributed by atoms with Crippen molar-refractivity contribution in [1.82, 2.24) is 19.7 Å². The van der Waals surface area contributed by atoms with Crippen LogP contribution < -0.4 is 17.0 Å². The maximum atomic E-state index is 13.3. The highest BCUT2D eigenvalue weighted by Crippen LogP contribution is 2.34. The predicted octanol–water partition coefficient (Wildman–Crippen LogP) is 1.77. The summed E-state index contributed by atoms with van der Waals surface area (Å²) in [5.41, 5.74) is 13.8. The Morgan fingerprint density at radius 1 is 1.19 bits per heavy atom. The number of nitrogens with two attached hydrogens (primary N) is 2. The Labute approximate surface area is 153 Å². The van der Waals surface area contributed by atoms with E-state index in [1.54, 1.807) is 30.6 Å². The number of hydrogen-bond donors (Lipinski definition) is 3. The van der Waals surface area contributed by atoms with Crippen molar-refractivity contribution in [2.24, 2.45) is 5.73 Å². The van der Waals surface area contributed by atoms with Crippen LogP contribution in [-0.2, 0) is 0 Å². The van der Waals surface area contributed by atoms with Crippen molar-refractivity contribution >= 4 is 22.5 Å². The minimum Gasteiger partial charge on any atom is -0.397 e. The average molecular weight is 360 g/mol. The third kappa shape index (κ3) is 2.54. The van der Waals surface area contributed by atoms with Crippen molar-refractivity contribution in [3.05, 3.63) is 70.4 Å². The number of rotatable bonds is 3. The highest BCUT2D eigenvalue weighted by atomic mass is 16.1. The third-order valence-electron chi connectivity index (χ3n) is 4.49. The maximum absolute atomic E-state index is 13.3. The van der Waals surface area contributed by atoms with Gasteiger partial charge in [-0.1, -0.05) is 12.1 Å². The number of hydrogen-bond acceptors (Lipinski definition) is 5. The zero-order valence-electron chi connectivity index (χ0n) is 14.4. The molecule has 5 N–H and O–H groups in total. The first-order valence-corrected chi connectivity index (χ1v) is 8.18. The van der Waals surface area contributed by atoms with E-state index in [0.29, 0.717) is 11.4 Å². The number of aromatic nitrogens is 4. The van der Waals surface area contributed by atoms with Gasteiger partial charge in [0.15, 0.2) is 0 Å². The van der Waals surface area contributed by atoms with Crippen LogP contribution in [0.4, 0.5) is 5.69 Å². The summed E-state index contributed by atoms with van der Waals surface area (Å²) in [6.07, 6.45) is 4.51. The Kier molecular flexibility index (Phi) is 3.73. The molecular weight excluding hydrogens is 344 g/mol. The lowest BCUT2D eigenvalue weighted by Crippen LogP contribution is -2.26. The summed E-state index contributed by atoms with van der Waals surface area (Å²) in [6, 6.07) is 8.87. The summed E-state index contributed by atoms with van der Waals surface area (Å²) < 4.78 is 1.28. The van der Waals surface area contributed by atoms with Gasteiger partial charge in [-0.15, -0.1) is 0 Å². The number of nitrogens with zero attached hydrogens (tertiary/aromatic N) is 3. The van der Waals surface area contributed by atoms with Crippen LogP contribution in [0.15, 0.2) is 53.7 Å². The van der Waals surface area contributed by atoms with E-state index in [-0.39, 0.29) is 16.8 Å². The van der Waals surface area contributed by atoms with Gasteiger partial charge in [-0.3, -0.25) is 19.3 Å². The fraction of sp³-hybridized carbons (Fsp3) is 0.0526. The molecule has 0 aliphatic carbocycles. The number of pyridine rings is 2. The van der Waals surface area contributed by atoms with Crippen LogP contribution in [0.2, 0.25) is 0 Å². The first kappa shape index (κ1) is 16.5. The molecule has 3 aromatic heterocycles. The van der Waals surface area contributed by atoms with Gasteiger partial charge < -0.3 is 11.5 Å². The van der Waals surface area contributed by atoms with E-state index in [1.807, 2.05) is 19.1 Å². The Hall–Kier alpha value is -3.94. The minimum atomic E-state index is -0.726. The zero-order valence-corrected chi connectivity index (χ0v) is 14.4. The molecule has 4 rings (SSSR count). The van der Waals surface area contributed by atoms with Crippen molar-refractivity contribution in [3.8, 4) is 16.9 Å². The molecule has 0 fully saturated rings. The van der Waals surface area contributed by atoms with Gasteiger partial charge >= 0.3 is 0 Å². The van der Waals surface area contributed by atoms with Crippen molar-refractivity contribution in [2.75, 3.05) is 5.73 Å². The first-order valence-electron chi connectivity index (χ1n) is 8.18. The molecule has 0 aliphatic heterocycles. The molecule has 0 radical (unpaired) electrons. The van der Waals surface area contributed by atoms with Crippen LogP contribution in [0.1, 0.15) is 15.9 Å². The number of carbonyl (C=O) groups excluding carboxylic acids is 1. The highest BCUT2D eigenvalue weighted by Gasteiger charge is 2.22. The van der Waals surface area contributed by atoms with Gasteiger partial charge in [-0.05, 0) is 30.7 Å². The van der Waals surface area contributed by atoms with Crippen LogP contribution in [0, 0.1) is 6.92 Å². The molecule has 0 saturated carbocycles. The topological polar surface area (TPSA) is 133 Å². The lowest BCUT2D eigenvalue weighted by molar-refractivity contribution is 0.100.